The van der Waals surface area contributed by atoms with Crippen LogP contribution in [-0.4, -0.2) is 65.8 Å². The normalized spacial score (nSPS) is 23.5. The van der Waals surface area contributed by atoms with Gasteiger partial charge in [0.1, 0.15) is 12.1 Å². The Morgan fingerprint density at radius 3 is 2.80 bits per heavy atom. The number of nitrogens with zero attached hydrogens (tertiary/aromatic N) is 3. The molecule has 0 bridgehead atoms. The molecule has 1 aromatic heterocycles. The van der Waals surface area contributed by atoms with E-state index >= 15 is 0 Å². The minimum atomic E-state index is -0.492. The van der Waals surface area contributed by atoms with Crippen LogP contribution in [0, 0.1) is 0 Å². The summed E-state index contributed by atoms with van der Waals surface area (Å²) in [6.07, 6.45) is 3.39. The van der Waals surface area contributed by atoms with E-state index in [9.17, 15) is 14.4 Å². The molecule has 2 saturated heterocycles. The molecule has 2 fully saturated rings. The second-order valence-electron chi connectivity index (χ2n) is 6.65. The molecule has 1 spiro atoms. The maximum Gasteiger partial charge on any atom is 0.410 e. The van der Waals surface area contributed by atoms with Crippen molar-refractivity contribution in [2.24, 2.45) is 0 Å². The van der Waals surface area contributed by atoms with E-state index in [-0.39, 0.29) is 29.9 Å². The maximum absolute atomic E-state index is 12.6. The molecule has 25 heavy (non-hydrogen) atoms. The lowest BCUT2D eigenvalue weighted by molar-refractivity contribution is -0.132. The van der Waals surface area contributed by atoms with Gasteiger partial charge in [0.05, 0.1) is 13.7 Å². The van der Waals surface area contributed by atoms with Crippen molar-refractivity contribution in [1.82, 2.24) is 14.4 Å². The molecule has 8 heteroatoms. The molecule has 3 rings (SSSR count). The Balaban J connectivity index is 1.66. The second kappa shape index (κ2) is 6.78. The lowest BCUT2D eigenvalue weighted by Crippen LogP contribution is -2.39. The van der Waals surface area contributed by atoms with Gasteiger partial charge in [-0.1, -0.05) is 0 Å². The van der Waals surface area contributed by atoms with E-state index in [2.05, 4.69) is 0 Å². The standard InChI is InChI=1S/C17H23N3O5/c1-18-12-17(25-16(18)23)6-4-9-19(10-7-17)14(21)11-20-8-3-5-13(24-2)15(20)22/h3,5,8H,4,6-7,9-12H2,1-2H3/t17-/m0/s1. The van der Waals surface area contributed by atoms with E-state index < -0.39 is 5.60 Å². The number of carbonyl (C=O) groups is 2. The highest BCUT2D eigenvalue weighted by Gasteiger charge is 2.44. The third-order valence-corrected chi connectivity index (χ3v) is 4.90. The Kier molecular flexibility index (Phi) is 4.69. The van der Waals surface area contributed by atoms with Crippen LogP contribution in [0.1, 0.15) is 19.3 Å². The zero-order valence-corrected chi connectivity index (χ0v) is 14.6. The van der Waals surface area contributed by atoms with Crippen molar-refractivity contribution in [2.75, 3.05) is 33.8 Å². The van der Waals surface area contributed by atoms with Crippen molar-refractivity contribution in [2.45, 2.75) is 31.4 Å². The third kappa shape index (κ3) is 3.47. The Labute approximate surface area is 145 Å². The molecule has 2 amide bonds. The molecule has 1 aromatic rings. The molecule has 0 aliphatic carbocycles. The largest absolute Gasteiger partial charge is 0.491 e. The number of rotatable bonds is 3. The summed E-state index contributed by atoms with van der Waals surface area (Å²) in [5, 5.41) is 0. The third-order valence-electron chi connectivity index (χ3n) is 4.90. The number of methoxy groups -OCH3 is 1. The summed E-state index contributed by atoms with van der Waals surface area (Å²) < 4.78 is 11.9. The highest BCUT2D eigenvalue weighted by molar-refractivity contribution is 5.76. The molecule has 0 aromatic carbocycles. The lowest BCUT2D eigenvalue weighted by atomic mass is 9.95. The van der Waals surface area contributed by atoms with Crippen LogP contribution in [-0.2, 0) is 16.1 Å². The SMILES string of the molecule is COc1cccn(CC(=O)N2CCC[C@]3(CC2)CN(C)C(=O)O3)c1=O. The molecule has 8 nitrogen and oxygen atoms in total. The van der Waals surface area contributed by atoms with Gasteiger partial charge in [-0.05, 0) is 25.0 Å². The van der Waals surface area contributed by atoms with Gasteiger partial charge in [-0.15, -0.1) is 0 Å². The number of hydrogen-bond donors (Lipinski definition) is 0. The fourth-order valence-electron chi connectivity index (χ4n) is 3.51. The van der Waals surface area contributed by atoms with Gasteiger partial charge in [-0.2, -0.15) is 0 Å². The van der Waals surface area contributed by atoms with E-state index in [1.54, 1.807) is 35.2 Å². The van der Waals surface area contributed by atoms with Gasteiger partial charge in [0.25, 0.3) is 5.56 Å². The molecule has 0 unspecified atom stereocenters. The zero-order valence-electron chi connectivity index (χ0n) is 14.6. The smallest absolute Gasteiger partial charge is 0.410 e. The summed E-state index contributed by atoms with van der Waals surface area (Å²) in [4.78, 5) is 39.8. The quantitative estimate of drug-likeness (QED) is 0.802. The lowest BCUT2D eigenvalue weighted by Gasteiger charge is -2.25. The number of likely N-dealkylation sites (tertiary alicyclic amines) is 1. The van der Waals surface area contributed by atoms with E-state index in [1.165, 1.54) is 11.7 Å². The van der Waals surface area contributed by atoms with Crippen LogP contribution in [0.15, 0.2) is 23.1 Å². The van der Waals surface area contributed by atoms with Crippen molar-refractivity contribution < 1.29 is 19.1 Å². The van der Waals surface area contributed by atoms with Crippen molar-refractivity contribution in [3.63, 3.8) is 0 Å². The van der Waals surface area contributed by atoms with Crippen LogP contribution in [0.4, 0.5) is 4.79 Å². The van der Waals surface area contributed by atoms with E-state index in [0.29, 0.717) is 26.1 Å². The average molecular weight is 349 g/mol. The molecule has 0 saturated carbocycles. The Bertz CT molecular complexity index is 731. The van der Waals surface area contributed by atoms with Crippen molar-refractivity contribution in [1.29, 1.82) is 0 Å². The van der Waals surface area contributed by atoms with Crippen LogP contribution in [0.25, 0.3) is 0 Å². The number of carbonyl (C=O) groups excluding carboxylic acids is 2. The fraction of sp³-hybridized carbons (Fsp3) is 0.588. The summed E-state index contributed by atoms with van der Waals surface area (Å²) in [7, 11) is 3.15. The predicted molar refractivity (Wildman–Crippen MR) is 89.5 cm³/mol. The Hall–Kier alpha value is -2.51. The van der Waals surface area contributed by atoms with Gasteiger partial charge in [0.2, 0.25) is 5.91 Å². The monoisotopic (exact) mass is 349 g/mol. The van der Waals surface area contributed by atoms with Crippen molar-refractivity contribution in [3.05, 3.63) is 28.7 Å². The van der Waals surface area contributed by atoms with E-state index in [4.69, 9.17) is 9.47 Å². The molecule has 136 valence electrons. The highest BCUT2D eigenvalue weighted by Crippen LogP contribution is 2.32. The number of amides is 2. The van der Waals surface area contributed by atoms with Crippen LogP contribution in [0.3, 0.4) is 0 Å². The minimum Gasteiger partial charge on any atom is -0.491 e. The second-order valence-corrected chi connectivity index (χ2v) is 6.65. The number of pyridine rings is 1. The number of ether oxygens (including phenoxy) is 2. The van der Waals surface area contributed by atoms with Gasteiger partial charge in [0, 0.05) is 32.8 Å². The van der Waals surface area contributed by atoms with E-state index in [1.807, 2.05) is 0 Å². The average Bonchev–Trinajstić information content (AvgIpc) is 2.74. The summed E-state index contributed by atoms with van der Waals surface area (Å²) in [5.74, 6) is 0.0936. The molecule has 2 aliphatic rings. The minimum absolute atomic E-state index is 0.0251. The fourth-order valence-corrected chi connectivity index (χ4v) is 3.51. The molecule has 2 aliphatic heterocycles. The first-order chi connectivity index (χ1) is 11.9. The van der Waals surface area contributed by atoms with Gasteiger partial charge < -0.3 is 23.8 Å². The molecule has 0 N–H and O–H groups in total. The first kappa shape index (κ1) is 17.3. The molecule has 3 heterocycles. The van der Waals surface area contributed by atoms with Gasteiger partial charge in [0.15, 0.2) is 5.75 Å². The van der Waals surface area contributed by atoms with Crippen LogP contribution in [0.5, 0.6) is 5.75 Å². The molecular formula is C17H23N3O5. The van der Waals surface area contributed by atoms with Crippen molar-refractivity contribution >= 4 is 12.0 Å². The van der Waals surface area contributed by atoms with Crippen LogP contribution in [0.2, 0.25) is 0 Å². The predicted octanol–water partition coefficient (Wildman–Crippen LogP) is 0.690. The zero-order chi connectivity index (χ0) is 18.0. The van der Waals surface area contributed by atoms with Crippen molar-refractivity contribution in [3.8, 4) is 5.75 Å². The Morgan fingerprint density at radius 1 is 1.32 bits per heavy atom. The van der Waals surface area contributed by atoms with E-state index in [0.717, 1.165) is 12.8 Å². The number of likely N-dealkylation sites (N-methyl/N-ethyl adjacent to an activating group) is 1. The molecule has 0 radical (unpaired) electrons. The van der Waals surface area contributed by atoms with Gasteiger partial charge >= 0.3 is 6.09 Å². The summed E-state index contributed by atoms with van der Waals surface area (Å²) in [6.45, 7) is 1.64. The molecule has 1 atom stereocenters. The van der Waals surface area contributed by atoms with Gasteiger partial charge in [-0.25, -0.2) is 4.79 Å². The number of hydrogen-bond acceptors (Lipinski definition) is 5. The Morgan fingerprint density at radius 2 is 2.12 bits per heavy atom. The van der Waals surface area contributed by atoms with Gasteiger partial charge in [-0.3, -0.25) is 9.59 Å². The first-order valence-corrected chi connectivity index (χ1v) is 8.39. The summed E-state index contributed by atoms with van der Waals surface area (Å²) in [5.41, 5.74) is -0.816. The summed E-state index contributed by atoms with van der Waals surface area (Å²) in [6, 6.07) is 3.25. The molecular weight excluding hydrogens is 326 g/mol. The summed E-state index contributed by atoms with van der Waals surface area (Å²) >= 11 is 0. The highest BCUT2D eigenvalue weighted by atomic mass is 16.6. The van der Waals surface area contributed by atoms with Crippen LogP contribution < -0.4 is 10.3 Å². The van der Waals surface area contributed by atoms with Crippen LogP contribution >= 0.6 is 0 Å². The topological polar surface area (TPSA) is 81.1 Å². The first-order valence-electron chi connectivity index (χ1n) is 8.39. The number of aromatic nitrogens is 1. The maximum atomic E-state index is 12.6.